The first-order valence-electron chi connectivity index (χ1n) is 8.46. The highest BCUT2D eigenvalue weighted by Crippen LogP contribution is 2.36. The lowest BCUT2D eigenvalue weighted by atomic mass is 10.1. The van der Waals surface area contributed by atoms with Crippen molar-refractivity contribution in [3.05, 3.63) is 70.3 Å². The Kier molecular flexibility index (Phi) is 4.79. The average Bonchev–Trinajstić information content (AvgIpc) is 3.22. The maximum atomic E-state index is 12.0. The Balaban J connectivity index is 1.76. The molecule has 0 spiro atoms. The highest BCUT2D eigenvalue weighted by molar-refractivity contribution is 7.80. The molecule has 1 N–H and O–H groups in total. The molecular formula is C20H17N3O4S. The normalized spacial score (nSPS) is 12.1. The first-order valence-corrected chi connectivity index (χ1v) is 8.98. The molecule has 0 amide bonds. The van der Waals surface area contributed by atoms with Gasteiger partial charge in [-0.2, -0.15) is 12.6 Å². The number of rotatable bonds is 5. The zero-order valence-electron chi connectivity index (χ0n) is 15.2. The molecular weight excluding hydrogens is 378 g/mol. The molecule has 142 valence electrons. The van der Waals surface area contributed by atoms with Crippen LogP contribution in [0.15, 0.2) is 57.7 Å². The van der Waals surface area contributed by atoms with Gasteiger partial charge in [0.15, 0.2) is 0 Å². The number of nitrogens with one attached hydrogen (secondary N) is 1. The van der Waals surface area contributed by atoms with E-state index in [9.17, 15) is 4.79 Å². The highest BCUT2D eigenvalue weighted by Gasteiger charge is 2.22. The van der Waals surface area contributed by atoms with Crippen LogP contribution < -0.4 is 15.0 Å². The van der Waals surface area contributed by atoms with E-state index in [1.165, 1.54) is 6.07 Å². The number of fused-ring (bicyclic) bond motifs is 1. The first-order chi connectivity index (χ1) is 13.6. The number of hydrogen-bond acceptors (Lipinski definition) is 7. The van der Waals surface area contributed by atoms with Crippen LogP contribution in [0.5, 0.6) is 11.5 Å². The fourth-order valence-electron chi connectivity index (χ4n) is 3.02. The van der Waals surface area contributed by atoms with E-state index in [4.69, 9.17) is 13.9 Å². The highest BCUT2D eigenvalue weighted by atomic mass is 32.1. The molecule has 2 heterocycles. The maximum absolute atomic E-state index is 12.0. The SMILES string of the molecule is COc1ccc(-c2nnc(C(S)c3cc(=O)[nH]c4ccccc34)o2)c(OC)c1. The van der Waals surface area contributed by atoms with Gasteiger partial charge in [0, 0.05) is 23.0 Å². The van der Waals surface area contributed by atoms with Crippen LogP contribution in [0.3, 0.4) is 0 Å². The largest absolute Gasteiger partial charge is 0.497 e. The minimum absolute atomic E-state index is 0.218. The molecule has 0 saturated heterocycles. The second-order valence-electron chi connectivity index (χ2n) is 6.05. The number of ether oxygens (including phenoxy) is 2. The quantitative estimate of drug-likeness (QED) is 0.502. The van der Waals surface area contributed by atoms with Crippen LogP contribution in [-0.4, -0.2) is 29.4 Å². The van der Waals surface area contributed by atoms with Crippen molar-refractivity contribution in [1.29, 1.82) is 0 Å². The summed E-state index contributed by atoms with van der Waals surface area (Å²) in [5.41, 5.74) is 1.84. The minimum atomic E-state index is -0.558. The number of aromatic nitrogens is 3. The van der Waals surface area contributed by atoms with Crippen LogP contribution in [0, 0.1) is 0 Å². The van der Waals surface area contributed by atoms with E-state index in [1.807, 2.05) is 24.3 Å². The number of thiol groups is 1. The van der Waals surface area contributed by atoms with Gasteiger partial charge >= 0.3 is 0 Å². The van der Waals surface area contributed by atoms with Crippen molar-refractivity contribution in [3.8, 4) is 23.0 Å². The zero-order chi connectivity index (χ0) is 19.7. The van der Waals surface area contributed by atoms with Crippen LogP contribution in [0.1, 0.15) is 16.7 Å². The number of aromatic amines is 1. The smallest absolute Gasteiger partial charge is 0.251 e. The Morgan fingerprint density at radius 1 is 1.07 bits per heavy atom. The summed E-state index contributed by atoms with van der Waals surface area (Å²) in [6, 6.07) is 14.3. The molecule has 0 aliphatic heterocycles. The van der Waals surface area contributed by atoms with E-state index in [1.54, 1.807) is 32.4 Å². The Hall–Kier alpha value is -3.26. The number of nitrogens with zero attached hydrogens (tertiary/aromatic N) is 2. The average molecular weight is 395 g/mol. The number of para-hydroxylation sites is 1. The molecule has 7 nitrogen and oxygen atoms in total. The van der Waals surface area contributed by atoms with Gasteiger partial charge in [-0.15, -0.1) is 10.2 Å². The standard InChI is InChI=1S/C20H17N3O4S/c1-25-11-7-8-13(16(9-11)26-2)19-22-23-20(27-19)18(28)14-10-17(24)21-15-6-4-3-5-12(14)15/h3-10,18,28H,1-2H3,(H,21,24). The van der Waals surface area contributed by atoms with Crippen LogP contribution in [-0.2, 0) is 0 Å². The van der Waals surface area contributed by atoms with Crippen molar-refractivity contribution in [2.75, 3.05) is 14.2 Å². The molecule has 8 heteroatoms. The van der Waals surface area contributed by atoms with E-state index in [-0.39, 0.29) is 11.4 Å². The van der Waals surface area contributed by atoms with E-state index in [0.29, 0.717) is 28.5 Å². The Labute approximate surface area is 165 Å². The van der Waals surface area contributed by atoms with Gasteiger partial charge in [-0.05, 0) is 23.8 Å². The second-order valence-corrected chi connectivity index (χ2v) is 6.57. The molecule has 0 aliphatic rings. The second kappa shape index (κ2) is 7.40. The van der Waals surface area contributed by atoms with Crippen molar-refractivity contribution >= 4 is 23.5 Å². The lowest BCUT2D eigenvalue weighted by molar-refractivity contribution is 0.394. The van der Waals surface area contributed by atoms with Crippen molar-refractivity contribution in [2.45, 2.75) is 5.25 Å². The number of benzene rings is 2. The molecule has 0 fully saturated rings. The summed E-state index contributed by atoms with van der Waals surface area (Å²) in [6.45, 7) is 0. The third kappa shape index (κ3) is 3.22. The summed E-state index contributed by atoms with van der Waals surface area (Å²) in [5.74, 6) is 1.78. The molecule has 28 heavy (non-hydrogen) atoms. The number of hydrogen-bond donors (Lipinski definition) is 2. The molecule has 4 rings (SSSR count). The van der Waals surface area contributed by atoms with Gasteiger partial charge in [0.2, 0.25) is 11.4 Å². The Bertz CT molecular complexity index is 1200. The molecule has 2 aromatic heterocycles. The summed E-state index contributed by atoms with van der Waals surface area (Å²) in [5, 5.41) is 8.57. The Morgan fingerprint density at radius 2 is 1.89 bits per heavy atom. The van der Waals surface area contributed by atoms with Gasteiger partial charge in [-0.25, -0.2) is 0 Å². The molecule has 4 aromatic rings. The van der Waals surface area contributed by atoms with Gasteiger partial charge in [-0.3, -0.25) is 4.79 Å². The topological polar surface area (TPSA) is 90.2 Å². The van der Waals surface area contributed by atoms with Crippen molar-refractivity contribution < 1.29 is 13.9 Å². The van der Waals surface area contributed by atoms with Crippen LogP contribution >= 0.6 is 12.6 Å². The third-order valence-corrected chi connectivity index (χ3v) is 4.89. The monoisotopic (exact) mass is 395 g/mol. The third-order valence-electron chi connectivity index (χ3n) is 4.39. The van der Waals surface area contributed by atoms with Crippen LogP contribution in [0.4, 0.5) is 0 Å². The fraction of sp³-hybridized carbons (Fsp3) is 0.150. The molecule has 1 atom stereocenters. The van der Waals surface area contributed by atoms with Gasteiger partial charge in [0.1, 0.15) is 16.7 Å². The van der Waals surface area contributed by atoms with E-state index in [2.05, 4.69) is 27.8 Å². The van der Waals surface area contributed by atoms with E-state index >= 15 is 0 Å². The molecule has 2 aromatic carbocycles. The molecule has 1 unspecified atom stereocenters. The van der Waals surface area contributed by atoms with E-state index in [0.717, 1.165) is 10.9 Å². The summed E-state index contributed by atoms with van der Waals surface area (Å²) in [4.78, 5) is 14.8. The van der Waals surface area contributed by atoms with Gasteiger partial charge in [0.25, 0.3) is 5.89 Å². The lowest BCUT2D eigenvalue weighted by Gasteiger charge is -2.10. The maximum Gasteiger partial charge on any atom is 0.251 e. The number of H-pyrrole nitrogens is 1. The predicted molar refractivity (Wildman–Crippen MR) is 108 cm³/mol. The molecule has 0 saturated carbocycles. The van der Waals surface area contributed by atoms with Crippen molar-refractivity contribution in [2.24, 2.45) is 0 Å². The van der Waals surface area contributed by atoms with Gasteiger partial charge < -0.3 is 18.9 Å². The van der Waals surface area contributed by atoms with Gasteiger partial charge in [0.05, 0.1) is 19.8 Å². The minimum Gasteiger partial charge on any atom is -0.497 e. The van der Waals surface area contributed by atoms with Crippen molar-refractivity contribution in [3.63, 3.8) is 0 Å². The van der Waals surface area contributed by atoms with E-state index < -0.39 is 5.25 Å². The number of methoxy groups -OCH3 is 2. The van der Waals surface area contributed by atoms with Gasteiger partial charge in [-0.1, -0.05) is 18.2 Å². The molecule has 0 aliphatic carbocycles. The van der Waals surface area contributed by atoms with Crippen molar-refractivity contribution in [1.82, 2.24) is 15.2 Å². The molecule has 0 radical (unpaired) electrons. The first kappa shape index (κ1) is 18.1. The summed E-state index contributed by atoms with van der Waals surface area (Å²) in [6.07, 6.45) is 0. The summed E-state index contributed by atoms with van der Waals surface area (Å²) >= 11 is 4.64. The summed E-state index contributed by atoms with van der Waals surface area (Å²) < 4.78 is 16.5. The fourth-order valence-corrected chi connectivity index (χ4v) is 3.34. The zero-order valence-corrected chi connectivity index (χ0v) is 16.1. The summed E-state index contributed by atoms with van der Waals surface area (Å²) in [7, 11) is 3.13. The Morgan fingerprint density at radius 3 is 2.68 bits per heavy atom. The lowest BCUT2D eigenvalue weighted by Crippen LogP contribution is -2.08. The predicted octanol–water partition coefficient (Wildman–Crippen LogP) is 3.61. The van der Waals surface area contributed by atoms with Crippen LogP contribution in [0.2, 0.25) is 0 Å². The molecule has 0 bridgehead atoms. The number of pyridine rings is 1. The van der Waals surface area contributed by atoms with Crippen LogP contribution in [0.25, 0.3) is 22.4 Å².